The maximum Gasteiger partial charge on any atom is 0.339 e. The van der Waals surface area contributed by atoms with Crippen molar-refractivity contribution < 1.29 is 9.53 Å². The quantitative estimate of drug-likeness (QED) is 0.811. The average molecular weight is 314 g/mol. The Morgan fingerprint density at radius 3 is 2.65 bits per heavy atom. The van der Waals surface area contributed by atoms with Gasteiger partial charge in [0.25, 0.3) is 0 Å². The summed E-state index contributed by atoms with van der Waals surface area (Å²) in [6, 6.07) is 3.68. The topological polar surface area (TPSA) is 60.2 Å². The molecule has 0 aliphatic carbocycles. The predicted octanol–water partition coefficient (Wildman–Crippen LogP) is 2.38. The lowest BCUT2D eigenvalue weighted by molar-refractivity contribution is 0.0526. The Morgan fingerprint density at radius 2 is 2.09 bits per heavy atom. The van der Waals surface area contributed by atoms with E-state index < -0.39 is 0 Å². The summed E-state index contributed by atoms with van der Waals surface area (Å²) in [5.41, 5.74) is 1.82. The SMILES string of the molecule is CCOC(=O)c1ccc(N2CCC(c3cnn(C)c3)CC2)nc1. The highest BCUT2D eigenvalue weighted by molar-refractivity contribution is 5.89. The number of pyridine rings is 1. The van der Waals surface area contributed by atoms with E-state index in [9.17, 15) is 4.79 Å². The third kappa shape index (κ3) is 3.52. The van der Waals surface area contributed by atoms with Gasteiger partial charge in [-0.1, -0.05) is 0 Å². The third-order valence-electron chi connectivity index (χ3n) is 4.27. The minimum absolute atomic E-state index is 0.318. The second-order valence-corrected chi connectivity index (χ2v) is 5.83. The lowest BCUT2D eigenvalue weighted by Crippen LogP contribution is -2.33. The molecule has 23 heavy (non-hydrogen) atoms. The molecule has 0 aromatic carbocycles. The summed E-state index contributed by atoms with van der Waals surface area (Å²) in [6.07, 6.45) is 7.85. The summed E-state index contributed by atoms with van der Waals surface area (Å²) in [7, 11) is 1.95. The Morgan fingerprint density at radius 1 is 1.30 bits per heavy atom. The molecule has 0 atom stereocenters. The van der Waals surface area contributed by atoms with Crippen molar-refractivity contribution in [2.24, 2.45) is 7.05 Å². The average Bonchev–Trinajstić information content (AvgIpc) is 3.02. The van der Waals surface area contributed by atoms with E-state index in [1.807, 2.05) is 24.0 Å². The first-order valence-corrected chi connectivity index (χ1v) is 8.04. The van der Waals surface area contributed by atoms with E-state index in [1.54, 1.807) is 19.2 Å². The minimum atomic E-state index is -0.318. The smallest absolute Gasteiger partial charge is 0.339 e. The number of aromatic nitrogens is 3. The Hall–Kier alpha value is -2.37. The van der Waals surface area contributed by atoms with Gasteiger partial charge in [0.05, 0.1) is 18.4 Å². The first-order chi connectivity index (χ1) is 11.2. The molecule has 0 saturated carbocycles. The van der Waals surface area contributed by atoms with Gasteiger partial charge < -0.3 is 9.64 Å². The Bertz CT molecular complexity index is 657. The Kier molecular flexibility index (Phi) is 4.60. The van der Waals surface area contributed by atoms with Crippen molar-refractivity contribution in [2.75, 3.05) is 24.6 Å². The van der Waals surface area contributed by atoms with Crippen molar-refractivity contribution in [3.05, 3.63) is 41.9 Å². The zero-order valence-corrected chi connectivity index (χ0v) is 13.6. The summed E-state index contributed by atoms with van der Waals surface area (Å²) >= 11 is 0. The van der Waals surface area contributed by atoms with Crippen LogP contribution in [0.4, 0.5) is 5.82 Å². The summed E-state index contributed by atoms with van der Waals surface area (Å²) < 4.78 is 6.84. The minimum Gasteiger partial charge on any atom is -0.462 e. The number of hydrogen-bond acceptors (Lipinski definition) is 5. The van der Waals surface area contributed by atoms with Crippen molar-refractivity contribution in [2.45, 2.75) is 25.7 Å². The van der Waals surface area contributed by atoms with Crippen LogP contribution in [0.1, 0.15) is 41.6 Å². The highest BCUT2D eigenvalue weighted by atomic mass is 16.5. The van der Waals surface area contributed by atoms with E-state index in [2.05, 4.69) is 21.2 Å². The molecular weight excluding hydrogens is 292 g/mol. The fraction of sp³-hybridized carbons (Fsp3) is 0.471. The van der Waals surface area contributed by atoms with E-state index >= 15 is 0 Å². The molecule has 0 radical (unpaired) electrons. The van der Waals surface area contributed by atoms with Crippen LogP contribution in [0.5, 0.6) is 0 Å². The number of carbonyl (C=O) groups excluding carboxylic acids is 1. The molecule has 1 fully saturated rings. The van der Waals surface area contributed by atoms with Gasteiger partial charge in [0.1, 0.15) is 5.82 Å². The molecule has 1 aliphatic heterocycles. The molecule has 6 nitrogen and oxygen atoms in total. The zero-order valence-electron chi connectivity index (χ0n) is 13.6. The Balaban J connectivity index is 1.60. The molecule has 122 valence electrons. The van der Waals surface area contributed by atoms with Gasteiger partial charge in [-0.15, -0.1) is 0 Å². The largest absolute Gasteiger partial charge is 0.462 e. The van der Waals surface area contributed by atoms with Gasteiger partial charge in [0.15, 0.2) is 0 Å². The number of carbonyl (C=O) groups is 1. The molecule has 0 unspecified atom stereocenters. The monoisotopic (exact) mass is 314 g/mol. The van der Waals surface area contributed by atoms with Crippen LogP contribution in [0.3, 0.4) is 0 Å². The van der Waals surface area contributed by atoms with Crippen LogP contribution in [0.2, 0.25) is 0 Å². The highest BCUT2D eigenvalue weighted by Crippen LogP contribution is 2.29. The van der Waals surface area contributed by atoms with Crippen LogP contribution in [-0.2, 0) is 11.8 Å². The number of hydrogen-bond donors (Lipinski definition) is 0. The third-order valence-corrected chi connectivity index (χ3v) is 4.27. The van der Waals surface area contributed by atoms with E-state index in [-0.39, 0.29) is 5.97 Å². The van der Waals surface area contributed by atoms with E-state index in [1.165, 1.54) is 5.56 Å². The second kappa shape index (κ2) is 6.81. The van der Waals surface area contributed by atoms with Crippen LogP contribution >= 0.6 is 0 Å². The standard InChI is InChI=1S/C17H22N4O2/c1-3-23-17(22)14-4-5-16(18-10-14)21-8-6-13(7-9-21)15-11-19-20(2)12-15/h4-5,10-13H,3,6-9H2,1-2H3. The number of piperidine rings is 1. The summed E-state index contributed by atoms with van der Waals surface area (Å²) in [4.78, 5) is 18.3. The van der Waals surface area contributed by atoms with Crippen molar-refractivity contribution in [3.8, 4) is 0 Å². The summed E-state index contributed by atoms with van der Waals surface area (Å²) in [5.74, 6) is 1.17. The Labute approximate surface area is 136 Å². The molecule has 0 bridgehead atoms. The fourth-order valence-electron chi connectivity index (χ4n) is 3.00. The van der Waals surface area contributed by atoms with Gasteiger partial charge in [-0.25, -0.2) is 9.78 Å². The van der Waals surface area contributed by atoms with Crippen molar-refractivity contribution >= 4 is 11.8 Å². The lowest BCUT2D eigenvalue weighted by atomic mass is 9.91. The number of esters is 1. The van der Waals surface area contributed by atoms with Crippen LogP contribution in [-0.4, -0.2) is 40.4 Å². The predicted molar refractivity (Wildman–Crippen MR) is 87.6 cm³/mol. The molecule has 1 aliphatic rings. The molecule has 6 heteroatoms. The molecule has 0 spiro atoms. The van der Waals surface area contributed by atoms with Crippen LogP contribution in [0, 0.1) is 0 Å². The molecular formula is C17H22N4O2. The number of rotatable bonds is 4. The molecule has 3 rings (SSSR count). The van der Waals surface area contributed by atoms with E-state index in [0.717, 1.165) is 31.7 Å². The lowest BCUT2D eigenvalue weighted by Gasteiger charge is -2.32. The van der Waals surface area contributed by atoms with Gasteiger partial charge in [-0.3, -0.25) is 4.68 Å². The molecule has 2 aromatic rings. The maximum absolute atomic E-state index is 11.7. The van der Waals surface area contributed by atoms with Gasteiger partial charge in [-0.05, 0) is 43.4 Å². The zero-order chi connectivity index (χ0) is 16.2. The summed E-state index contributed by atoms with van der Waals surface area (Å²) in [6.45, 7) is 4.10. The van der Waals surface area contributed by atoms with Gasteiger partial charge in [-0.2, -0.15) is 5.10 Å². The summed E-state index contributed by atoms with van der Waals surface area (Å²) in [5, 5.41) is 4.26. The first-order valence-electron chi connectivity index (χ1n) is 8.04. The van der Waals surface area contributed by atoms with Gasteiger partial charge in [0, 0.05) is 32.5 Å². The van der Waals surface area contributed by atoms with Crippen LogP contribution in [0.15, 0.2) is 30.7 Å². The molecule has 0 amide bonds. The fourth-order valence-corrected chi connectivity index (χ4v) is 3.00. The van der Waals surface area contributed by atoms with E-state index in [0.29, 0.717) is 18.1 Å². The number of ether oxygens (including phenoxy) is 1. The highest BCUT2D eigenvalue weighted by Gasteiger charge is 2.22. The van der Waals surface area contributed by atoms with Crippen LogP contribution < -0.4 is 4.90 Å². The molecule has 0 N–H and O–H groups in total. The molecule has 1 saturated heterocycles. The molecule has 3 heterocycles. The van der Waals surface area contributed by atoms with Gasteiger partial charge >= 0.3 is 5.97 Å². The van der Waals surface area contributed by atoms with Gasteiger partial charge in [0.2, 0.25) is 0 Å². The van der Waals surface area contributed by atoms with Crippen molar-refractivity contribution in [1.82, 2.24) is 14.8 Å². The first kappa shape index (κ1) is 15.5. The second-order valence-electron chi connectivity index (χ2n) is 5.83. The molecule has 2 aromatic heterocycles. The number of anilines is 1. The van der Waals surface area contributed by atoms with Crippen molar-refractivity contribution in [1.29, 1.82) is 0 Å². The van der Waals surface area contributed by atoms with E-state index in [4.69, 9.17) is 4.74 Å². The number of nitrogens with zero attached hydrogens (tertiary/aromatic N) is 4. The normalized spacial score (nSPS) is 15.7. The maximum atomic E-state index is 11.7. The van der Waals surface area contributed by atoms with Crippen LogP contribution in [0.25, 0.3) is 0 Å². The number of aryl methyl sites for hydroxylation is 1. The van der Waals surface area contributed by atoms with Crippen molar-refractivity contribution in [3.63, 3.8) is 0 Å².